The molecule has 0 amide bonds. The lowest BCUT2D eigenvalue weighted by molar-refractivity contribution is 0.349. The van der Waals surface area contributed by atoms with Crippen LogP contribution in [0.2, 0.25) is 0 Å². The molecule has 0 aliphatic carbocycles. The highest BCUT2D eigenvalue weighted by Gasteiger charge is 2.17. The fourth-order valence-electron chi connectivity index (χ4n) is 1.47. The van der Waals surface area contributed by atoms with Gasteiger partial charge in [0.1, 0.15) is 5.82 Å². The van der Waals surface area contributed by atoms with Gasteiger partial charge in [-0.25, -0.2) is 4.39 Å². The molecule has 2 rings (SSSR count). The number of halogens is 2. The minimum Gasteiger partial charge on any atom is -0.414 e. The molecular formula is C13H17ClFN3OS. The van der Waals surface area contributed by atoms with Crippen LogP contribution in [0, 0.1) is 11.7 Å². The zero-order valence-electron chi connectivity index (χ0n) is 11.2. The number of aromatic nitrogens is 2. The van der Waals surface area contributed by atoms with Gasteiger partial charge in [-0.05, 0) is 23.6 Å². The van der Waals surface area contributed by atoms with E-state index in [0.717, 1.165) is 5.56 Å². The average molecular weight is 318 g/mol. The van der Waals surface area contributed by atoms with E-state index in [-0.39, 0.29) is 30.2 Å². The van der Waals surface area contributed by atoms with Crippen molar-refractivity contribution in [1.82, 2.24) is 10.2 Å². The molecule has 110 valence electrons. The molecule has 0 fully saturated rings. The standard InChI is InChI=1S/C13H16FN3OS.ClH/c1-8(2)11(15)12-16-17-13(18-12)19-7-9-4-3-5-10(14)6-9;/h3-6,8,11H,7,15H2,1-2H3;1H/t11-;/m0./s1. The summed E-state index contributed by atoms with van der Waals surface area (Å²) in [7, 11) is 0. The molecule has 1 aromatic heterocycles. The summed E-state index contributed by atoms with van der Waals surface area (Å²) in [5, 5.41) is 8.31. The molecule has 0 saturated heterocycles. The Bertz CT molecular complexity index is 550. The zero-order valence-corrected chi connectivity index (χ0v) is 12.9. The highest BCUT2D eigenvalue weighted by atomic mass is 35.5. The Morgan fingerprint density at radius 1 is 1.35 bits per heavy atom. The van der Waals surface area contributed by atoms with Crippen molar-refractivity contribution in [1.29, 1.82) is 0 Å². The molecule has 0 radical (unpaired) electrons. The van der Waals surface area contributed by atoms with Crippen molar-refractivity contribution in [3.8, 4) is 0 Å². The number of nitrogens with two attached hydrogens (primary N) is 1. The second-order valence-electron chi connectivity index (χ2n) is 4.59. The highest BCUT2D eigenvalue weighted by molar-refractivity contribution is 7.98. The maximum absolute atomic E-state index is 13.0. The predicted octanol–water partition coefficient (Wildman–Crippen LogP) is 3.58. The largest absolute Gasteiger partial charge is 0.414 e. The third kappa shape index (κ3) is 4.47. The smallest absolute Gasteiger partial charge is 0.276 e. The first-order chi connectivity index (χ1) is 9.06. The molecule has 2 N–H and O–H groups in total. The van der Waals surface area contributed by atoms with Crippen molar-refractivity contribution < 1.29 is 8.81 Å². The number of rotatable bonds is 5. The topological polar surface area (TPSA) is 64.9 Å². The van der Waals surface area contributed by atoms with Gasteiger partial charge in [-0.2, -0.15) is 0 Å². The van der Waals surface area contributed by atoms with Crippen molar-refractivity contribution in [3.05, 3.63) is 41.5 Å². The highest BCUT2D eigenvalue weighted by Crippen LogP contribution is 2.25. The van der Waals surface area contributed by atoms with Crippen molar-refractivity contribution in [2.75, 3.05) is 0 Å². The van der Waals surface area contributed by atoms with Crippen LogP contribution < -0.4 is 5.73 Å². The summed E-state index contributed by atoms with van der Waals surface area (Å²) in [6.45, 7) is 3.99. The second kappa shape index (κ2) is 7.61. The second-order valence-corrected chi connectivity index (χ2v) is 5.52. The molecule has 0 spiro atoms. The van der Waals surface area contributed by atoms with Crippen molar-refractivity contribution in [2.45, 2.75) is 30.9 Å². The summed E-state index contributed by atoms with van der Waals surface area (Å²) < 4.78 is 18.5. The Morgan fingerprint density at radius 3 is 2.75 bits per heavy atom. The third-order valence-electron chi connectivity index (χ3n) is 2.68. The van der Waals surface area contributed by atoms with E-state index in [4.69, 9.17) is 10.2 Å². The van der Waals surface area contributed by atoms with E-state index < -0.39 is 0 Å². The van der Waals surface area contributed by atoms with E-state index in [9.17, 15) is 4.39 Å². The van der Waals surface area contributed by atoms with Crippen LogP contribution in [0.15, 0.2) is 33.9 Å². The molecule has 0 saturated carbocycles. The maximum Gasteiger partial charge on any atom is 0.276 e. The Morgan fingerprint density at radius 2 is 2.10 bits per heavy atom. The van der Waals surface area contributed by atoms with Gasteiger partial charge in [0.25, 0.3) is 5.22 Å². The van der Waals surface area contributed by atoms with E-state index in [0.29, 0.717) is 16.9 Å². The first-order valence-electron chi connectivity index (χ1n) is 6.02. The number of nitrogens with zero attached hydrogens (tertiary/aromatic N) is 2. The number of hydrogen-bond donors (Lipinski definition) is 1. The van der Waals surface area contributed by atoms with Gasteiger partial charge >= 0.3 is 0 Å². The van der Waals surface area contributed by atoms with Gasteiger partial charge in [-0.15, -0.1) is 22.6 Å². The summed E-state index contributed by atoms with van der Waals surface area (Å²) >= 11 is 1.37. The average Bonchev–Trinajstić information content (AvgIpc) is 2.84. The minimum absolute atomic E-state index is 0. The van der Waals surface area contributed by atoms with Crippen LogP contribution in [-0.2, 0) is 5.75 Å². The van der Waals surface area contributed by atoms with Crippen LogP contribution in [0.1, 0.15) is 31.3 Å². The van der Waals surface area contributed by atoms with Crippen LogP contribution in [0.3, 0.4) is 0 Å². The summed E-state index contributed by atoms with van der Waals surface area (Å²) in [6.07, 6.45) is 0. The number of hydrogen-bond acceptors (Lipinski definition) is 5. The van der Waals surface area contributed by atoms with E-state index in [1.807, 2.05) is 19.9 Å². The Labute approximate surface area is 127 Å². The van der Waals surface area contributed by atoms with E-state index >= 15 is 0 Å². The van der Waals surface area contributed by atoms with Crippen molar-refractivity contribution in [3.63, 3.8) is 0 Å². The van der Waals surface area contributed by atoms with E-state index in [1.165, 1.54) is 23.9 Å². The lowest BCUT2D eigenvalue weighted by Gasteiger charge is -2.09. The maximum atomic E-state index is 13.0. The van der Waals surface area contributed by atoms with Gasteiger partial charge in [0.05, 0.1) is 6.04 Å². The summed E-state index contributed by atoms with van der Waals surface area (Å²) in [5.74, 6) is 1.01. The Hall–Kier alpha value is -1.11. The van der Waals surface area contributed by atoms with Crippen LogP contribution in [-0.4, -0.2) is 10.2 Å². The van der Waals surface area contributed by atoms with Crippen LogP contribution >= 0.6 is 24.2 Å². The molecule has 1 atom stereocenters. The molecule has 7 heteroatoms. The quantitative estimate of drug-likeness (QED) is 0.854. The molecule has 0 bridgehead atoms. The number of thioether (sulfide) groups is 1. The molecule has 1 heterocycles. The van der Waals surface area contributed by atoms with Gasteiger partial charge < -0.3 is 10.2 Å². The molecule has 0 aliphatic rings. The molecule has 1 aromatic carbocycles. The number of benzene rings is 1. The summed E-state index contributed by atoms with van der Waals surface area (Å²) in [6, 6.07) is 6.19. The zero-order chi connectivity index (χ0) is 13.8. The third-order valence-corrected chi connectivity index (χ3v) is 3.57. The van der Waals surface area contributed by atoms with E-state index in [2.05, 4.69) is 10.2 Å². The van der Waals surface area contributed by atoms with Crippen LogP contribution in [0.25, 0.3) is 0 Å². The van der Waals surface area contributed by atoms with Crippen LogP contribution in [0.4, 0.5) is 4.39 Å². The first kappa shape index (κ1) is 16.9. The normalized spacial score (nSPS) is 12.2. The minimum atomic E-state index is -0.254. The molecule has 0 aliphatic heterocycles. The summed E-state index contributed by atoms with van der Waals surface area (Å²) in [4.78, 5) is 0. The molecule has 0 unspecified atom stereocenters. The summed E-state index contributed by atoms with van der Waals surface area (Å²) in [5.41, 5.74) is 6.80. The molecule has 2 aromatic rings. The fraction of sp³-hybridized carbons (Fsp3) is 0.385. The van der Waals surface area contributed by atoms with Gasteiger partial charge in [0.2, 0.25) is 5.89 Å². The predicted molar refractivity (Wildman–Crippen MR) is 79.3 cm³/mol. The molecule has 20 heavy (non-hydrogen) atoms. The lowest BCUT2D eigenvalue weighted by Crippen LogP contribution is -2.16. The monoisotopic (exact) mass is 317 g/mol. The van der Waals surface area contributed by atoms with Gasteiger partial charge in [0.15, 0.2) is 0 Å². The van der Waals surface area contributed by atoms with Crippen molar-refractivity contribution in [2.24, 2.45) is 11.7 Å². The molecular weight excluding hydrogens is 301 g/mol. The van der Waals surface area contributed by atoms with Gasteiger partial charge in [-0.3, -0.25) is 0 Å². The van der Waals surface area contributed by atoms with Crippen LogP contribution in [0.5, 0.6) is 0 Å². The Kier molecular flexibility index (Phi) is 6.45. The van der Waals surface area contributed by atoms with Gasteiger partial charge in [-0.1, -0.05) is 37.7 Å². The Balaban J connectivity index is 0.00000200. The SMILES string of the molecule is CC(C)[C@H](N)c1nnc(SCc2cccc(F)c2)o1.Cl. The fourth-order valence-corrected chi connectivity index (χ4v) is 2.18. The van der Waals surface area contributed by atoms with E-state index in [1.54, 1.807) is 6.07 Å². The molecule has 4 nitrogen and oxygen atoms in total. The first-order valence-corrected chi connectivity index (χ1v) is 7.01. The van der Waals surface area contributed by atoms with Crippen molar-refractivity contribution >= 4 is 24.2 Å². The van der Waals surface area contributed by atoms with Gasteiger partial charge in [0, 0.05) is 5.75 Å². The lowest BCUT2D eigenvalue weighted by atomic mass is 10.1.